The van der Waals surface area contributed by atoms with Crippen LogP contribution in [0.5, 0.6) is 5.75 Å². The van der Waals surface area contributed by atoms with Crippen LogP contribution in [-0.4, -0.2) is 17.5 Å². The number of rotatable bonds is 2. The molecule has 130 valence electrons. The third-order valence-corrected chi connectivity index (χ3v) is 5.67. The minimum atomic E-state index is 0.617. The molecule has 1 saturated carbocycles. The molecule has 1 heterocycles. The van der Waals surface area contributed by atoms with Crippen LogP contribution in [0, 0.1) is 20.8 Å². The van der Waals surface area contributed by atoms with Crippen LogP contribution < -0.4 is 4.74 Å². The molecular weight excluding hydrogens is 306 g/mol. The summed E-state index contributed by atoms with van der Waals surface area (Å²) in [4.78, 5) is 0. The summed E-state index contributed by atoms with van der Waals surface area (Å²) in [6.07, 6.45) is 8.95. The maximum Gasteiger partial charge on any atom is 0.293 e. The number of ether oxygens (including phenoxy) is 1. The first-order valence-corrected chi connectivity index (χ1v) is 9.58. The monoisotopic (exact) mass is 334 g/mol. The Balaban J connectivity index is 1.76. The Hall–Kier alpha value is -2.09. The van der Waals surface area contributed by atoms with Gasteiger partial charge in [-0.15, -0.1) is 0 Å². The Bertz CT molecular complexity index is 828. The first kappa shape index (κ1) is 16.4. The minimum Gasteiger partial charge on any atom is -0.429 e. The minimum absolute atomic E-state index is 0.617. The molecule has 2 aromatic carbocycles. The van der Waals surface area contributed by atoms with E-state index in [0.29, 0.717) is 12.6 Å². The van der Waals surface area contributed by atoms with Gasteiger partial charge in [0, 0.05) is 17.2 Å². The van der Waals surface area contributed by atoms with Gasteiger partial charge in [-0.1, -0.05) is 43.0 Å². The molecule has 0 amide bonds. The van der Waals surface area contributed by atoms with Gasteiger partial charge < -0.3 is 4.74 Å². The Morgan fingerprint density at radius 1 is 0.960 bits per heavy atom. The molecule has 2 aliphatic rings. The van der Waals surface area contributed by atoms with E-state index in [2.05, 4.69) is 61.9 Å². The molecule has 0 atom stereocenters. The molecule has 4 rings (SSSR count). The highest BCUT2D eigenvalue weighted by Gasteiger charge is 2.32. The molecule has 1 aliphatic heterocycles. The average Bonchev–Trinajstić information content (AvgIpc) is 3.01. The highest BCUT2D eigenvalue weighted by molar-refractivity contribution is 5.80. The Kier molecular flexibility index (Phi) is 4.37. The van der Waals surface area contributed by atoms with Gasteiger partial charge in [-0.25, -0.2) is 0 Å². The SMILES string of the molecule is Cc1ccc(C)c(/C=[N+]2/COc3c(C4CCCCC4)cc(C)cc32)c1. The highest BCUT2D eigenvalue weighted by Crippen LogP contribution is 2.44. The molecule has 2 nitrogen and oxygen atoms in total. The Labute approximate surface area is 151 Å². The van der Waals surface area contributed by atoms with E-state index in [1.807, 2.05) is 0 Å². The van der Waals surface area contributed by atoms with Crippen molar-refractivity contribution >= 4 is 11.9 Å². The summed E-state index contributed by atoms with van der Waals surface area (Å²) < 4.78 is 8.46. The number of fused-ring (bicyclic) bond motifs is 1. The number of hydrogen-bond donors (Lipinski definition) is 0. The summed E-state index contributed by atoms with van der Waals surface area (Å²) in [5, 5.41) is 0. The number of hydrogen-bond acceptors (Lipinski definition) is 1. The maximum absolute atomic E-state index is 6.19. The molecule has 0 aromatic heterocycles. The zero-order chi connectivity index (χ0) is 17.4. The van der Waals surface area contributed by atoms with Crippen LogP contribution in [0.4, 0.5) is 5.69 Å². The van der Waals surface area contributed by atoms with Gasteiger partial charge in [-0.2, -0.15) is 4.58 Å². The molecule has 1 fully saturated rings. The van der Waals surface area contributed by atoms with Gasteiger partial charge in [-0.05, 0) is 56.7 Å². The fourth-order valence-corrected chi connectivity index (χ4v) is 4.25. The van der Waals surface area contributed by atoms with Gasteiger partial charge in [0.2, 0.25) is 5.75 Å². The third-order valence-electron chi connectivity index (χ3n) is 5.67. The number of benzene rings is 2. The van der Waals surface area contributed by atoms with Crippen LogP contribution >= 0.6 is 0 Å². The van der Waals surface area contributed by atoms with E-state index < -0.39 is 0 Å². The zero-order valence-corrected chi connectivity index (χ0v) is 15.6. The summed E-state index contributed by atoms with van der Waals surface area (Å²) in [7, 11) is 0. The molecule has 0 N–H and O–H groups in total. The summed E-state index contributed by atoms with van der Waals surface area (Å²) in [5.74, 6) is 1.79. The highest BCUT2D eigenvalue weighted by atomic mass is 16.5. The van der Waals surface area contributed by atoms with Gasteiger partial charge in [0.25, 0.3) is 12.4 Å². The molecule has 0 radical (unpaired) electrons. The van der Waals surface area contributed by atoms with Gasteiger partial charge in [-0.3, -0.25) is 0 Å². The largest absolute Gasteiger partial charge is 0.429 e. The molecule has 0 saturated heterocycles. The van der Waals surface area contributed by atoms with Crippen LogP contribution in [0.1, 0.15) is 65.8 Å². The maximum atomic E-state index is 6.19. The fraction of sp³-hybridized carbons (Fsp3) is 0.435. The second-order valence-electron chi connectivity index (χ2n) is 7.77. The van der Waals surface area contributed by atoms with Gasteiger partial charge in [0.15, 0.2) is 6.21 Å². The predicted octanol–water partition coefficient (Wildman–Crippen LogP) is 5.77. The molecule has 2 aromatic rings. The zero-order valence-electron chi connectivity index (χ0n) is 15.6. The van der Waals surface area contributed by atoms with E-state index in [-0.39, 0.29) is 0 Å². The topological polar surface area (TPSA) is 12.2 Å². The summed E-state index contributed by atoms with van der Waals surface area (Å²) in [6.45, 7) is 7.15. The van der Waals surface area contributed by atoms with E-state index in [1.165, 1.54) is 65.6 Å². The third kappa shape index (κ3) is 3.22. The van der Waals surface area contributed by atoms with E-state index in [4.69, 9.17) is 4.74 Å². The van der Waals surface area contributed by atoms with Crippen molar-refractivity contribution in [3.8, 4) is 5.75 Å². The van der Waals surface area contributed by atoms with Crippen molar-refractivity contribution in [2.45, 2.75) is 58.8 Å². The van der Waals surface area contributed by atoms with E-state index in [0.717, 1.165) is 5.75 Å². The second-order valence-corrected chi connectivity index (χ2v) is 7.77. The Morgan fingerprint density at radius 2 is 1.76 bits per heavy atom. The summed E-state index contributed by atoms with van der Waals surface area (Å²) in [6, 6.07) is 11.3. The van der Waals surface area contributed by atoms with Gasteiger partial charge in [0.05, 0.1) is 0 Å². The average molecular weight is 334 g/mol. The molecule has 0 spiro atoms. The van der Waals surface area contributed by atoms with Crippen molar-refractivity contribution in [1.82, 2.24) is 0 Å². The standard InChI is InChI=1S/C23H28NO/c1-16-9-10-18(3)20(11-16)14-24-15-25-23-21(12-17(2)13-22(23)24)19-7-5-4-6-8-19/h9-14,19H,4-8,15H2,1-3H3/q+1/b24-14-. The van der Waals surface area contributed by atoms with Crippen LogP contribution in [0.25, 0.3) is 0 Å². The predicted molar refractivity (Wildman–Crippen MR) is 104 cm³/mol. The first-order valence-electron chi connectivity index (χ1n) is 9.58. The number of nitrogens with zero attached hydrogens (tertiary/aromatic N) is 1. The van der Waals surface area contributed by atoms with Crippen molar-refractivity contribution < 1.29 is 9.31 Å². The van der Waals surface area contributed by atoms with Crippen LogP contribution in [0.3, 0.4) is 0 Å². The van der Waals surface area contributed by atoms with Crippen LogP contribution in [-0.2, 0) is 0 Å². The molecule has 1 aliphatic carbocycles. The van der Waals surface area contributed by atoms with Crippen LogP contribution in [0.15, 0.2) is 30.3 Å². The molecule has 0 bridgehead atoms. The quantitative estimate of drug-likeness (QED) is 0.635. The normalized spacial score (nSPS) is 19.1. The Morgan fingerprint density at radius 3 is 2.56 bits per heavy atom. The van der Waals surface area contributed by atoms with Crippen molar-refractivity contribution in [2.24, 2.45) is 0 Å². The van der Waals surface area contributed by atoms with E-state index in [1.54, 1.807) is 0 Å². The lowest BCUT2D eigenvalue weighted by atomic mass is 9.83. The molecule has 25 heavy (non-hydrogen) atoms. The molecular formula is C23H28NO+. The van der Waals surface area contributed by atoms with E-state index >= 15 is 0 Å². The molecule has 2 heteroatoms. The lowest BCUT2D eigenvalue weighted by molar-refractivity contribution is -0.452. The lowest BCUT2D eigenvalue weighted by Gasteiger charge is -2.22. The smallest absolute Gasteiger partial charge is 0.293 e. The van der Waals surface area contributed by atoms with Crippen molar-refractivity contribution in [3.63, 3.8) is 0 Å². The van der Waals surface area contributed by atoms with Crippen molar-refractivity contribution in [3.05, 3.63) is 58.1 Å². The van der Waals surface area contributed by atoms with Crippen molar-refractivity contribution in [1.29, 1.82) is 0 Å². The number of aryl methyl sites for hydroxylation is 3. The lowest BCUT2D eigenvalue weighted by Crippen LogP contribution is -2.08. The fourth-order valence-electron chi connectivity index (χ4n) is 4.25. The summed E-state index contributed by atoms with van der Waals surface area (Å²) in [5.41, 5.74) is 7.89. The van der Waals surface area contributed by atoms with Gasteiger partial charge in [0.1, 0.15) is 0 Å². The van der Waals surface area contributed by atoms with E-state index in [9.17, 15) is 0 Å². The van der Waals surface area contributed by atoms with Gasteiger partial charge >= 0.3 is 0 Å². The second kappa shape index (κ2) is 6.67. The molecule has 0 unspecified atom stereocenters. The summed E-state index contributed by atoms with van der Waals surface area (Å²) >= 11 is 0. The first-order chi connectivity index (χ1) is 12.1. The van der Waals surface area contributed by atoms with Crippen molar-refractivity contribution in [2.75, 3.05) is 6.73 Å². The van der Waals surface area contributed by atoms with Crippen LogP contribution in [0.2, 0.25) is 0 Å².